The fourth-order valence-electron chi connectivity index (χ4n) is 2.63. The molecular weight excluding hydrogens is 355 g/mol. The zero-order chi connectivity index (χ0) is 19.3. The molecule has 1 amide bonds. The van der Waals surface area contributed by atoms with E-state index < -0.39 is 21.7 Å². The summed E-state index contributed by atoms with van der Waals surface area (Å²) in [7, 11) is -3.51. The summed E-state index contributed by atoms with van der Waals surface area (Å²) in [6, 6.07) is 11.5. The van der Waals surface area contributed by atoms with Crippen LogP contribution in [0.3, 0.4) is 0 Å². The van der Waals surface area contributed by atoms with Gasteiger partial charge in [-0.3, -0.25) is 4.79 Å². The normalized spacial score (nSPS) is 12.8. The summed E-state index contributed by atoms with van der Waals surface area (Å²) in [6.07, 6.45) is 0. The lowest BCUT2D eigenvalue weighted by Gasteiger charge is -2.19. The summed E-state index contributed by atoms with van der Waals surface area (Å²) in [6.45, 7) is 6.17. The van der Waals surface area contributed by atoms with Gasteiger partial charge in [-0.05, 0) is 42.8 Å². The van der Waals surface area contributed by atoms with Crippen LogP contribution in [-0.4, -0.2) is 31.7 Å². The SMILES string of the molecule is CCN(CC)S(=O)(=O)c1ccc(C(C)NC(=O)c2cccc(F)c2)cc1. The second-order valence-electron chi connectivity index (χ2n) is 5.86. The van der Waals surface area contributed by atoms with E-state index in [4.69, 9.17) is 0 Å². The molecule has 0 aliphatic rings. The number of rotatable bonds is 7. The van der Waals surface area contributed by atoms with Crippen molar-refractivity contribution in [3.63, 3.8) is 0 Å². The van der Waals surface area contributed by atoms with Crippen molar-refractivity contribution in [2.45, 2.75) is 31.7 Å². The molecular formula is C19H23FN2O3S. The van der Waals surface area contributed by atoms with Gasteiger partial charge in [0.15, 0.2) is 0 Å². The molecule has 0 saturated carbocycles. The lowest BCUT2D eigenvalue weighted by atomic mass is 10.1. The highest BCUT2D eigenvalue weighted by Gasteiger charge is 2.21. The molecule has 2 rings (SSSR count). The minimum Gasteiger partial charge on any atom is -0.346 e. The summed E-state index contributed by atoms with van der Waals surface area (Å²) in [5.74, 6) is -0.867. The van der Waals surface area contributed by atoms with Crippen LogP contribution in [0.15, 0.2) is 53.4 Å². The Labute approximate surface area is 153 Å². The molecule has 0 aliphatic carbocycles. The van der Waals surface area contributed by atoms with Crippen molar-refractivity contribution in [1.82, 2.24) is 9.62 Å². The van der Waals surface area contributed by atoms with E-state index in [0.717, 1.165) is 5.56 Å². The van der Waals surface area contributed by atoms with E-state index in [2.05, 4.69) is 5.32 Å². The van der Waals surface area contributed by atoms with Gasteiger partial charge in [-0.15, -0.1) is 0 Å². The third-order valence-corrected chi connectivity index (χ3v) is 6.22. The Bertz CT molecular complexity index is 863. The van der Waals surface area contributed by atoms with E-state index in [0.29, 0.717) is 13.1 Å². The van der Waals surface area contributed by atoms with Gasteiger partial charge >= 0.3 is 0 Å². The number of hydrogen-bond acceptors (Lipinski definition) is 3. The van der Waals surface area contributed by atoms with Gasteiger partial charge in [-0.1, -0.05) is 32.0 Å². The molecule has 1 atom stereocenters. The molecule has 0 heterocycles. The molecule has 0 spiro atoms. The Morgan fingerprint density at radius 2 is 1.73 bits per heavy atom. The zero-order valence-corrected chi connectivity index (χ0v) is 15.9. The van der Waals surface area contributed by atoms with Gasteiger partial charge in [0, 0.05) is 18.7 Å². The lowest BCUT2D eigenvalue weighted by Crippen LogP contribution is -2.30. The second kappa shape index (κ2) is 8.42. The number of nitrogens with one attached hydrogen (secondary N) is 1. The molecule has 5 nitrogen and oxygen atoms in total. The van der Waals surface area contributed by atoms with Gasteiger partial charge in [0.1, 0.15) is 5.82 Å². The molecule has 2 aromatic rings. The topological polar surface area (TPSA) is 66.5 Å². The second-order valence-corrected chi connectivity index (χ2v) is 7.80. The molecule has 7 heteroatoms. The van der Waals surface area contributed by atoms with Crippen LogP contribution in [0.5, 0.6) is 0 Å². The van der Waals surface area contributed by atoms with Crippen LogP contribution in [0.2, 0.25) is 0 Å². The van der Waals surface area contributed by atoms with Gasteiger partial charge in [0.05, 0.1) is 10.9 Å². The minimum absolute atomic E-state index is 0.216. The molecule has 2 aromatic carbocycles. The maximum atomic E-state index is 13.2. The number of amides is 1. The van der Waals surface area contributed by atoms with Gasteiger partial charge in [0.25, 0.3) is 5.91 Å². The standard InChI is InChI=1S/C19H23FN2O3S/c1-4-22(5-2)26(24,25)18-11-9-15(10-12-18)14(3)21-19(23)16-7-6-8-17(20)13-16/h6-14H,4-5H2,1-3H3,(H,21,23). The largest absolute Gasteiger partial charge is 0.346 e. The number of carbonyl (C=O) groups is 1. The van der Waals surface area contributed by atoms with Crippen molar-refractivity contribution in [2.75, 3.05) is 13.1 Å². The summed E-state index contributed by atoms with van der Waals surface area (Å²) in [4.78, 5) is 12.4. The Morgan fingerprint density at radius 3 is 2.27 bits per heavy atom. The van der Waals surface area contributed by atoms with Crippen molar-refractivity contribution < 1.29 is 17.6 Å². The molecule has 0 aromatic heterocycles. The highest BCUT2D eigenvalue weighted by molar-refractivity contribution is 7.89. The average Bonchev–Trinajstić information content (AvgIpc) is 2.62. The smallest absolute Gasteiger partial charge is 0.251 e. The third-order valence-electron chi connectivity index (χ3n) is 4.16. The first-order valence-electron chi connectivity index (χ1n) is 8.46. The van der Waals surface area contributed by atoms with E-state index in [1.54, 1.807) is 32.9 Å². The molecule has 0 aliphatic heterocycles. The van der Waals surface area contributed by atoms with Crippen LogP contribution in [-0.2, 0) is 10.0 Å². The highest BCUT2D eigenvalue weighted by Crippen LogP contribution is 2.20. The van der Waals surface area contributed by atoms with Crippen molar-refractivity contribution in [1.29, 1.82) is 0 Å². The number of halogens is 1. The monoisotopic (exact) mass is 378 g/mol. The van der Waals surface area contributed by atoms with E-state index in [-0.39, 0.29) is 16.5 Å². The molecule has 140 valence electrons. The summed E-state index contributed by atoms with van der Waals surface area (Å²) in [5.41, 5.74) is 0.992. The number of nitrogens with zero attached hydrogens (tertiary/aromatic N) is 1. The van der Waals surface area contributed by atoms with Gasteiger partial charge < -0.3 is 5.32 Å². The maximum absolute atomic E-state index is 13.2. The van der Waals surface area contributed by atoms with E-state index >= 15 is 0 Å². The quantitative estimate of drug-likeness (QED) is 0.803. The zero-order valence-electron chi connectivity index (χ0n) is 15.1. The Balaban J connectivity index is 2.14. The van der Waals surface area contributed by atoms with Crippen molar-refractivity contribution in [3.8, 4) is 0 Å². The molecule has 1 N–H and O–H groups in total. The predicted octanol–water partition coefficient (Wildman–Crippen LogP) is 3.35. The van der Waals surface area contributed by atoms with Crippen LogP contribution >= 0.6 is 0 Å². The van der Waals surface area contributed by atoms with Crippen molar-refractivity contribution >= 4 is 15.9 Å². The molecule has 26 heavy (non-hydrogen) atoms. The fourth-order valence-corrected chi connectivity index (χ4v) is 4.09. The van der Waals surface area contributed by atoms with Crippen molar-refractivity contribution in [3.05, 3.63) is 65.5 Å². The third kappa shape index (κ3) is 4.47. The lowest BCUT2D eigenvalue weighted by molar-refractivity contribution is 0.0939. The predicted molar refractivity (Wildman–Crippen MR) is 98.8 cm³/mol. The van der Waals surface area contributed by atoms with Crippen LogP contribution in [0.1, 0.15) is 42.7 Å². The summed E-state index contributed by atoms with van der Waals surface area (Å²) in [5, 5.41) is 2.78. The van der Waals surface area contributed by atoms with Crippen molar-refractivity contribution in [2.24, 2.45) is 0 Å². The van der Waals surface area contributed by atoms with Gasteiger partial charge in [0.2, 0.25) is 10.0 Å². The van der Waals surface area contributed by atoms with E-state index in [1.807, 2.05) is 0 Å². The van der Waals surface area contributed by atoms with Crippen LogP contribution in [0.4, 0.5) is 4.39 Å². The molecule has 0 bridgehead atoms. The Kier molecular flexibility index (Phi) is 6.50. The minimum atomic E-state index is -3.51. The number of benzene rings is 2. The fraction of sp³-hybridized carbons (Fsp3) is 0.316. The van der Waals surface area contributed by atoms with Crippen LogP contribution in [0.25, 0.3) is 0 Å². The van der Waals surface area contributed by atoms with Crippen LogP contribution < -0.4 is 5.32 Å². The van der Waals surface area contributed by atoms with Gasteiger partial charge in [-0.25, -0.2) is 12.8 Å². The first-order chi connectivity index (χ1) is 12.3. The average molecular weight is 378 g/mol. The molecule has 0 radical (unpaired) electrons. The first-order valence-corrected chi connectivity index (χ1v) is 9.90. The first kappa shape index (κ1) is 20.1. The maximum Gasteiger partial charge on any atom is 0.251 e. The Hall–Kier alpha value is -2.25. The molecule has 0 fully saturated rings. The molecule has 0 saturated heterocycles. The summed E-state index contributed by atoms with van der Waals surface area (Å²) < 4.78 is 39.6. The number of carbonyl (C=O) groups excluding carboxylic acids is 1. The number of hydrogen-bond donors (Lipinski definition) is 1. The van der Waals surface area contributed by atoms with Gasteiger partial charge in [-0.2, -0.15) is 4.31 Å². The highest BCUT2D eigenvalue weighted by atomic mass is 32.2. The summed E-state index contributed by atoms with van der Waals surface area (Å²) >= 11 is 0. The Morgan fingerprint density at radius 1 is 1.12 bits per heavy atom. The van der Waals surface area contributed by atoms with Crippen LogP contribution in [0, 0.1) is 5.82 Å². The molecule has 1 unspecified atom stereocenters. The van der Waals surface area contributed by atoms with E-state index in [1.165, 1.54) is 40.7 Å². The number of sulfonamides is 1. The van der Waals surface area contributed by atoms with E-state index in [9.17, 15) is 17.6 Å².